The monoisotopic (exact) mass is 603 g/mol. The molecule has 0 fully saturated rings. The Hall–Kier alpha value is -5.70. The molecular weight excluding hydrogens is 575 g/mol. The molecule has 0 spiro atoms. The van der Waals surface area contributed by atoms with Gasteiger partial charge in [-0.1, -0.05) is 115 Å². The van der Waals surface area contributed by atoms with Crippen molar-refractivity contribution >= 4 is 70.1 Å². The summed E-state index contributed by atoms with van der Waals surface area (Å²) in [6.07, 6.45) is 0. The molecule has 0 bridgehead atoms. The van der Waals surface area contributed by atoms with Crippen LogP contribution in [0.5, 0.6) is 0 Å². The highest BCUT2D eigenvalue weighted by molar-refractivity contribution is 7.25. The molecule has 0 unspecified atom stereocenters. The van der Waals surface area contributed by atoms with Crippen molar-refractivity contribution in [1.82, 2.24) is 0 Å². The van der Waals surface area contributed by atoms with Crippen LogP contribution in [0.1, 0.15) is 0 Å². The molecule has 0 N–H and O–H groups in total. The normalized spacial score (nSPS) is 11.5. The Morgan fingerprint density at radius 3 is 1.65 bits per heavy atom. The Labute approximate surface area is 272 Å². The number of nitrogens with zero attached hydrogens (tertiary/aromatic N) is 1. The van der Waals surface area contributed by atoms with Crippen molar-refractivity contribution in [1.29, 1.82) is 0 Å². The van der Waals surface area contributed by atoms with Crippen molar-refractivity contribution in [2.75, 3.05) is 4.90 Å². The van der Waals surface area contributed by atoms with E-state index < -0.39 is 0 Å². The van der Waals surface area contributed by atoms with Gasteiger partial charge in [-0.05, 0) is 104 Å². The first-order chi connectivity index (χ1) is 22.8. The standard InChI is InChI=1S/C44H29NS/c1-2-8-30(9-3-1)32-16-21-38(22-17-32)45(40-25-20-31-10-4-5-11-34(31)27-40)39-23-18-33(19-24-39)35-14-15-36-29-44-42(28-37(36)26-35)41-12-6-7-13-43(41)46-44/h1-29H. The van der Waals surface area contributed by atoms with Crippen LogP contribution in [0.25, 0.3) is 64.0 Å². The van der Waals surface area contributed by atoms with Crippen LogP contribution in [0.4, 0.5) is 17.1 Å². The number of anilines is 3. The van der Waals surface area contributed by atoms with E-state index in [0.29, 0.717) is 0 Å². The lowest BCUT2D eigenvalue weighted by molar-refractivity contribution is 1.29. The first-order valence-electron chi connectivity index (χ1n) is 15.7. The van der Waals surface area contributed by atoms with E-state index in [2.05, 4.69) is 181 Å². The molecule has 46 heavy (non-hydrogen) atoms. The Bertz CT molecular complexity index is 2510. The molecule has 9 aromatic rings. The lowest BCUT2D eigenvalue weighted by atomic mass is 9.99. The second kappa shape index (κ2) is 11.0. The number of benzene rings is 8. The lowest BCUT2D eigenvalue weighted by Crippen LogP contribution is -2.09. The maximum atomic E-state index is 2.36. The van der Waals surface area contributed by atoms with E-state index in [-0.39, 0.29) is 0 Å². The van der Waals surface area contributed by atoms with Gasteiger partial charge in [-0.2, -0.15) is 0 Å². The fourth-order valence-electron chi connectivity index (χ4n) is 6.65. The molecule has 0 aliphatic rings. The fourth-order valence-corrected chi connectivity index (χ4v) is 7.78. The zero-order chi connectivity index (χ0) is 30.5. The second-order valence-electron chi connectivity index (χ2n) is 11.8. The minimum atomic E-state index is 1.12. The molecule has 0 amide bonds. The Morgan fingerprint density at radius 1 is 0.304 bits per heavy atom. The van der Waals surface area contributed by atoms with Gasteiger partial charge < -0.3 is 4.90 Å². The summed E-state index contributed by atoms with van der Waals surface area (Å²) in [4.78, 5) is 2.35. The molecule has 0 radical (unpaired) electrons. The average Bonchev–Trinajstić information content (AvgIpc) is 3.49. The van der Waals surface area contributed by atoms with Crippen molar-refractivity contribution in [3.05, 3.63) is 176 Å². The number of rotatable bonds is 5. The van der Waals surface area contributed by atoms with E-state index >= 15 is 0 Å². The Kier molecular flexibility index (Phi) is 6.40. The number of hydrogen-bond donors (Lipinski definition) is 0. The predicted molar refractivity (Wildman–Crippen MR) is 200 cm³/mol. The van der Waals surface area contributed by atoms with Crippen molar-refractivity contribution in [2.24, 2.45) is 0 Å². The summed E-state index contributed by atoms with van der Waals surface area (Å²) >= 11 is 1.87. The smallest absolute Gasteiger partial charge is 0.0468 e. The highest BCUT2D eigenvalue weighted by Gasteiger charge is 2.14. The van der Waals surface area contributed by atoms with Crippen molar-refractivity contribution < 1.29 is 0 Å². The van der Waals surface area contributed by atoms with Gasteiger partial charge in [0.1, 0.15) is 0 Å². The Balaban J connectivity index is 1.11. The van der Waals surface area contributed by atoms with E-state index in [9.17, 15) is 0 Å². The molecular formula is C44H29NS. The van der Waals surface area contributed by atoms with Gasteiger partial charge in [0.15, 0.2) is 0 Å². The summed E-state index contributed by atoms with van der Waals surface area (Å²) in [5.74, 6) is 0. The molecule has 8 aromatic carbocycles. The van der Waals surface area contributed by atoms with Gasteiger partial charge in [-0.25, -0.2) is 0 Å². The average molecular weight is 604 g/mol. The van der Waals surface area contributed by atoms with Crippen molar-refractivity contribution in [3.8, 4) is 22.3 Å². The van der Waals surface area contributed by atoms with Crippen LogP contribution in [0, 0.1) is 0 Å². The number of hydrogen-bond acceptors (Lipinski definition) is 2. The Morgan fingerprint density at radius 2 is 0.870 bits per heavy atom. The zero-order valence-corrected chi connectivity index (χ0v) is 25.9. The van der Waals surface area contributed by atoms with Crippen LogP contribution in [-0.4, -0.2) is 0 Å². The van der Waals surface area contributed by atoms with Crippen LogP contribution in [0.15, 0.2) is 176 Å². The molecule has 0 saturated carbocycles. The van der Waals surface area contributed by atoms with Gasteiger partial charge in [0.2, 0.25) is 0 Å². The maximum Gasteiger partial charge on any atom is 0.0468 e. The van der Waals surface area contributed by atoms with Gasteiger partial charge in [0.05, 0.1) is 0 Å². The molecule has 0 aliphatic heterocycles. The van der Waals surface area contributed by atoms with Crippen molar-refractivity contribution in [2.45, 2.75) is 0 Å². The first kappa shape index (κ1) is 26.7. The molecule has 9 rings (SSSR count). The maximum absolute atomic E-state index is 2.36. The molecule has 216 valence electrons. The quantitative estimate of drug-likeness (QED) is 0.189. The minimum Gasteiger partial charge on any atom is -0.310 e. The van der Waals surface area contributed by atoms with E-state index in [1.54, 1.807) is 0 Å². The summed E-state index contributed by atoms with van der Waals surface area (Å²) < 4.78 is 2.69. The van der Waals surface area contributed by atoms with Crippen LogP contribution >= 0.6 is 11.3 Å². The van der Waals surface area contributed by atoms with Gasteiger partial charge in [0.25, 0.3) is 0 Å². The second-order valence-corrected chi connectivity index (χ2v) is 12.9. The van der Waals surface area contributed by atoms with Crippen LogP contribution in [0.2, 0.25) is 0 Å². The molecule has 1 nitrogen and oxygen atoms in total. The largest absolute Gasteiger partial charge is 0.310 e. The van der Waals surface area contributed by atoms with E-state index in [1.807, 2.05) is 11.3 Å². The summed E-state index contributed by atoms with van der Waals surface area (Å²) in [5.41, 5.74) is 8.25. The SMILES string of the molecule is c1ccc(-c2ccc(N(c3ccc(-c4ccc5cc6sc7ccccc7c6cc5c4)cc3)c3ccc4ccccc4c3)cc2)cc1. The predicted octanol–water partition coefficient (Wildman–Crippen LogP) is 13.2. The highest BCUT2D eigenvalue weighted by atomic mass is 32.1. The summed E-state index contributed by atoms with van der Waals surface area (Å²) in [7, 11) is 0. The van der Waals surface area contributed by atoms with E-state index in [1.165, 1.54) is 64.0 Å². The highest BCUT2D eigenvalue weighted by Crippen LogP contribution is 2.40. The zero-order valence-electron chi connectivity index (χ0n) is 25.1. The molecule has 0 aliphatic carbocycles. The summed E-state index contributed by atoms with van der Waals surface area (Å²) in [6, 6.07) is 64.0. The summed E-state index contributed by atoms with van der Waals surface area (Å²) in [5, 5.41) is 7.70. The third-order valence-electron chi connectivity index (χ3n) is 9.02. The van der Waals surface area contributed by atoms with E-state index in [0.717, 1.165) is 17.1 Å². The molecule has 2 heteroatoms. The van der Waals surface area contributed by atoms with Crippen LogP contribution < -0.4 is 4.90 Å². The molecule has 0 saturated heterocycles. The van der Waals surface area contributed by atoms with Gasteiger partial charge >= 0.3 is 0 Å². The van der Waals surface area contributed by atoms with Crippen molar-refractivity contribution in [3.63, 3.8) is 0 Å². The lowest BCUT2D eigenvalue weighted by Gasteiger charge is -2.26. The number of fused-ring (bicyclic) bond motifs is 5. The molecule has 1 heterocycles. The van der Waals surface area contributed by atoms with Crippen LogP contribution in [-0.2, 0) is 0 Å². The third-order valence-corrected chi connectivity index (χ3v) is 10.2. The van der Waals surface area contributed by atoms with Gasteiger partial charge in [0, 0.05) is 37.2 Å². The topological polar surface area (TPSA) is 3.24 Å². The minimum absolute atomic E-state index is 1.12. The molecule has 1 aromatic heterocycles. The summed E-state index contributed by atoms with van der Waals surface area (Å²) in [6.45, 7) is 0. The molecule has 0 atom stereocenters. The van der Waals surface area contributed by atoms with E-state index in [4.69, 9.17) is 0 Å². The van der Waals surface area contributed by atoms with Gasteiger partial charge in [-0.15, -0.1) is 11.3 Å². The van der Waals surface area contributed by atoms with Gasteiger partial charge in [-0.3, -0.25) is 0 Å². The fraction of sp³-hybridized carbons (Fsp3) is 0. The first-order valence-corrected chi connectivity index (χ1v) is 16.5. The number of thiophene rings is 1. The third kappa shape index (κ3) is 4.72. The van der Waals surface area contributed by atoms with Crippen LogP contribution in [0.3, 0.4) is 0 Å².